The summed E-state index contributed by atoms with van der Waals surface area (Å²) in [6.07, 6.45) is 7.92. The van der Waals surface area contributed by atoms with Gasteiger partial charge in [-0.2, -0.15) is 0 Å². The van der Waals surface area contributed by atoms with Gasteiger partial charge in [0.15, 0.2) is 17.3 Å². The van der Waals surface area contributed by atoms with Crippen LogP contribution in [0.25, 0.3) is 22.6 Å². The lowest BCUT2D eigenvalue weighted by atomic mass is 9.97. The van der Waals surface area contributed by atoms with Crippen LogP contribution in [0.2, 0.25) is 5.02 Å². The summed E-state index contributed by atoms with van der Waals surface area (Å²) in [7, 11) is 3.13. The highest BCUT2D eigenvalue weighted by molar-refractivity contribution is 6.31. The number of hydrogen-bond donors (Lipinski definition) is 6. The van der Waals surface area contributed by atoms with Gasteiger partial charge in [-0.3, -0.25) is 4.79 Å². The van der Waals surface area contributed by atoms with Crippen molar-refractivity contribution in [1.29, 1.82) is 0 Å². The fraction of sp³-hybridized carbons (Fsp3) is 0.378. The van der Waals surface area contributed by atoms with E-state index in [-0.39, 0.29) is 32.3 Å². The summed E-state index contributed by atoms with van der Waals surface area (Å²) in [5.41, 5.74) is 5.99. The molecule has 314 valence electrons. The number of nitrogens with one attached hydrogen (secondary N) is 2. The van der Waals surface area contributed by atoms with Crippen LogP contribution in [0.1, 0.15) is 95.7 Å². The normalized spacial score (nSPS) is 13.4. The highest BCUT2D eigenvalue weighted by atomic mass is 35.5. The van der Waals surface area contributed by atoms with E-state index in [1.54, 1.807) is 62.8 Å². The van der Waals surface area contributed by atoms with Crippen molar-refractivity contribution < 1.29 is 48.7 Å². The second-order valence-electron chi connectivity index (χ2n) is 14.3. The number of fused-ring (bicyclic) bond motifs is 1. The van der Waals surface area contributed by atoms with Crippen LogP contribution in [-0.4, -0.2) is 58.9 Å². The van der Waals surface area contributed by atoms with Crippen molar-refractivity contribution in [2.75, 3.05) is 32.8 Å². The maximum atomic E-state index is 12.7. The number of methoxy groups -OCH3 is 2. The second-order valence-corrected chi connectivity index (χ2v) is 14.8. The van der Waals surface area contributed by atoms with Crippen molar-refractivity contribution in [2.45, 2.75) is 84.0 Å². The molecular weight excluding hydrogens is 778 g/mol. The number of aliphatic hydroxyl groups excluding tert-OH is 4. The Kier molecular flexibility index (Phi) is 15.5. The Morgan fingerprint density at radius 2 is 1.29 bits per heavy atom. The average molecular weight is 830 g/mol. The van der Waals surface area contributed by atoms with Crippen LogP contribution in [0.5, 0.6) is 23.0 Å². The molecule has 0 bridgehead atoms. The number of unbranched alkanes of at least 4 members (excludes halogenated alkanes) is 7. The fourth-order valence-electron chi connectivity index (χ4n) is 7.20. The minimum absolute atomic E-state index is 0.175. The topological polar surface area (TPSA) is 185 Å². The van der Waals surface area contributed by atoms with Gasteiger partial charge in [-0.05, 0) is 89.7 Å². The summed E-state index contributed by atoms with van der Waals surface area (Å²) < 4.78 is 29.2. The van der Waals surface area contributed by atoms with E-state index in [2.05, 4.69) is 15.8 Å². The van der Waals surface area contributed by atoms with Crippen molar-refractivity contribution in [3.8, 4) is 45.6 Å². The monoisotopic (exact) mass is 829 g/mol. The second kappa shape index (κ2) is 21.1. The lowest BCUT2D eigenvalue weighted by Crippen LogP contribution is -2.38. The van der Waals surface area contributed by atoms with Gasteiger partial charge in [0.25, 0.3) is 5.91 Å². The highest BCUT2D eigenvalue weighted by Crippen LogP contribution is 2.42. The average Bonchev–Trinajstić information content (AvgIpc) is 3.77. The van der Waals surface area contributed by atoms with Gasteiger partial charge in [0.2, 0.25) is 5.75 Å². The number of amides is 1. The van der Waals surface area contributed by atoms with Gasteiger partial charge >= 0.3 is 0 Å². The van der Waals surface area contributed by atoms with Crippen LogP contribution in [0.3, 0.4) is 0 Å². The lowest BCUT2D eigenvalue weighted by molar-refractivity contribution is 0.0935. The van der Waals surface area contributed by atoms with Crippen molar-refractivity contribution in [1.82, 2.24) is 10.5 Å². The van der Waals surface area contributed by atoms with E-state index in [0.29, 0.717) is 97.3 Å². The third-order valence-corrected chi connectivity index (χ3v) is 10.7. The number of nitrogens with zero attached hydrogens (tertiary/aromatic N) is 1. The molecule has 1 unspecified atom stereocenters. The van der Waals surface area contributed by atoms with Crippen molar-refractivity contribution >= 4 is 23.2 Å². The highest BCUT2D eigenvalue weighted by Gasteiger charge is 2.26. The number of carbonyl (C=O) groups is 1. The molecule has 6 rings (SSSR count). The third kappa shape index (κ3) is 10.7. The zero-order chi connectivity index (χ0) is 41.7. The zero-order valence-corrected chi connectivity index (χ0v) is 34.1. The number of anilines is 1. The van der Waals surface area contributed by atoms with Crippen LogP contribution in [0.15, 0.2) is 71.3 Å². The predicted molar refractivity (Wildman–Crippen MR) is 224 cm³/mol. The molecule has 4 aromatic carbocycles. The van der Waals surface area contributed by atoms with E-state index in [4.69, 9.17) is 35.1 Å². The van der Waals surface area contributed by atoms with E-state index in [9.17, 15) is 25.2 Å². The predicted octanol–water partition coefficient (Wildman–Crippen LogP) is 8.08. The summed E-state index contributed by atoms with van der Waals surface area (Å²) in [5, 5.41) is 50.4. The largest absolute Gasteiger partial charge is 0.493 e. The van der Waals surface area contributed by atoms with Crippen molar-refractivity contribution in [3.63, 3.8) is 0 Å². The lowest BCUT2D eigenvalue weighted by Gasteiger charge is -2.28. The summed E-state index contributed by atoms with van der Waals surface area (Å²) in [6.45, 7) is 0.00792. The zero-order valence-electron chi connectivity index (χ0n) is 33.4. The molecule has 0 saturated heterocycles. The van der Waals surface area contributed by atoms with E-state index in [1.165, 1.54) is 0 Å². The van der Waals surface area contributed by atoms with Gasteiger partial charge in [-0.1, -0.05) is 61.3 Å². The summed E-state index contributed by atoms with van der Waals surface area (Å²) in [6, 6.07) is 19.5. The first-order valence-corrected chi connectivity index (χ1v) is 20.2. The van der Waals surface area contributed by atoms with Crippen molar-refractivity contribution in [2.24, 2.45) is 0 Å². The Hall–Kier alpha value is -5.31. The number of aliphatic hydroxyl groups is 4. The van der Waals surface area contributed by atoms with Gasteiger partial charge in [0, 0.05) is 33.5 Å². The first kappa shape index (κ1) is 43.3. The number of carbonyl (C=O) groups excluding carboxylic acids is 1. The van der Waals surface area contributed by atoms with Gasteiger partial charge in [-0.15, -0.1) is 0 Å². The van der Waals surface area contributed by atoms with Gasteiger partial charge in [-0.25, -0.2) is 0 Å². The fourth-order valence-corrected chi connectivity index (χ4v) is 7.38. The van der Waals surface area contributed by atoms with Crippen LogP contribution < -0.4 is 29.6 Å². The summed E-state index contributed by atoms with van der Waals surface area (Å²) >= 11 is 6.06. The third-order valence-electron chi connectivity index (χ3n) is 10.4. The number of benzene rings is 4. The smallest absolute Gasteiger partial charge is 0.255 e. The van der Waals surface area contributed by atoms with E-state index in [1.807, 2.05) is 18.2 Å². The molecule has 0 radical (unpaired) electrons. The first-order valence-electron chi connectivity index (χ1n) is 19.9. The molecule has 1 aromatic heterocycles. The van der Waals surface area contributed by atoms with Gasteiger partial charge < -0.3 is 54.5 Å². The molecule has 1 atom stereocenters. The Morgan fingerprint density at radius 3 is 1.90 bits per heavy atom. The summed E-state index contributed by atoms with van der Waals surface area (Å²) in [4.78, 5) is 12.7. The van der Waals surface area contributed by atoms with E-state index < -0.39 is 6.17 Å². The quantitative estimate of drug-likeness (QED) is 0.0369. The number of rotatable bonds is 22. The van der Waals surface area contributed by atoms with E-state index in [0.717, 1.165) is 56.9 Å². The van der Waals surface area contributed by atoms with Crippen LogP contribution in [-0.2, 0) is 26.4 Å². The Balaban J connectivity index is 0.894. The molecule has 0 fully saturated rings. The number of ether oxygens (including phenoxy) is 4. The van der Waals surface area contributed by atoms with E-state index >= 15 is 0 Å². The number of halogens is 1. The minimum atomic E-state index is -0.438. The minimum Gasteiger partial charge on any atom is -0.493 e. The number of aromatic nitrogens is 1. The van der Waals surface area contributed by atoms with Crippen LogP contribution >= 0.6 is 11.6 Å². The molecular formula is C45H52ClN3O10. The van der Waals surface area contributed by atoms with Crippen LogP contribution in [0.4, 0.5) is 5.69 Å². The first-order chi connectivity index (χ1) is 28.8. The number of hydrogen-bond acceptors (Lipinski definition) is 12. The molecule has 1 aliphatic rings. The molecule has 5 aromatic rings. The Morgan fingerprint density at radius 1 is 0.661 bits per heavy atom. The van der Waals surface area contributed by atoms with Gasteiger partial charge in [0.05, 0.1) is 59.4 Å². The van der Waals surface area contributed by atoms with Crippen molar-refractivity contribution in [3.05, 3.63) is 105 Å². The summed E-state index contributed by atoms with van der Waals surface area (Å²) in [5.74, 6) is 2.39. The molecule has 0 spiro atoms. The SMILES string of the molecule is COc1cc(-c2cc(-c3cc(CO)c(CO)c(CO)c3)no2)cc(OC)c1OCCCCCCCCCCOc1ccc(C2NC(=O)c3cc(Cl)ccc3N2)cc1CO. The molecule has 1 amide bonds. The van der Waals surface area contributed by atoms with Crippen LogP contribution in [0, 0.1) is 0 Å². The Labute approximate surface area is 348 Å². The molecule has 2 heterocycles. The Bertz CT molecular complexity index is 2140. The molecule has 59 heavy (non-hydrogen) atoms. The maximum absolute atomic E-state index is 12.7. The standard InChI is InChI=1S/C45H52ClN3O10/c1-55-41-20-30(40-23-38(49-59-40)29-18-31(24-50)36(27-53)32(19-29)25-51)21-42(56-2)43(41)58-16-10-8-6-4-3-5-7-9-15-57-39-14-11-28(17-33(39)26-52)44-47-37-13-12-34(46)22-35(37)45(54)48-44/h11-14,17-23,44,47,50-53H,3-10,15-16,24-27H2,1-2H3,(H,48,54). The molecule has 1 aliphatic heterocycles. The molecule has 14 heteroatoms. The molecule has 0 aliphatic carbocycles. The molecule has 0 saturated carbocycles. The maximum Gasteiger partial charge on any atom is 0.255 e. The van der Waals surface area contributed by atoms with Gasteiger partial charge in [0.1, 0.15) is 17.6 Å². The molecule has 6 N–H and O–H groups in total. The molecule has 13 nitrogen and oxygen atoms in total.